The van der Waals surface area contributed by atoms with Crippen molar-refractivity contribution < 1.29 is 8.42 Å². The van der Waals surface area contributed by atoms with Gasteiger partial charge < -0.3 is 10.6 Å². The van der Waals surface area contributed by atoms with Gasteiger partial charge in [0.2, 0.25) is 10.0 Å². The van der Waals surface area contributed by atoms with E-state index in [0.717, 1.165) is 30.9 Å². The number of para-hydroxylation sites is 1. The summed E-state index contributed by atoms with van der Waals surface area (Å²) in [5.74, 6) is 0.738. The van der Waals surface area contributed by atoms with Crippen LogP contribution in [0.4, 0.5) is 5.69 Å². The molecule has 1 aliphatic carbocycles. The van der Waals surface area contributed by atoms with Crippen molar-refractivity contribution in [2.45, 2.75) is 36.0 Å². The van der Waals surface area contributed by atoms with E-state index < -0.39 is 10.0 Å². The standard InChI is InChI=1S/C21H28N4O2S2/c1-3-22-20(23-15-17-9-7-8-12-19(17)25-29(2,26)27)24-16-21(13-14-21)28-18-10-5-4-6-11-18/h4-12,25H,3,13-16H2,1-2H3,(H2,22,23,24). The van der Waals surface area contributed by atoms with Crippen molar-refractivity contribution in [3.8, 4) is 0 Å². The highest BCUT2D eigenvalue weighted by molar-refractivity contribution is 8.01. The number of aliphatic imine (C=N–C) groups is 1. The molecule has 2 aromatic rings. The Morgan fingerprint density at radius 2 is 1.76 bits per heavy atom. The Morgan fingerprint density at radius 3 is 2.41 bits per heavy atom. The van der Waals surface area contributed by atoms with E-state index in [1.54, 1.807) is 6.07 Å². The summed E-state index contributed by atoms with van der Waals surface area (Å²) in [6.45, 7) is 4.00. The molecule has 0 saturated heterocycles. The number of hydrogen-bond donors (Lipinski definition) is 3. The molecule has 8 heteroatoms. The molecule has 0 amide bonds. The average Bonchev–Trinajstić information content (AvgIpc) is 3.44. The van der Waals surface area contributed by atoms with Gasteiger partial charge in [0.05, 0.1) is 18.5 Å². The van der Waals surface area contributed by atoms with Gasteiger partial charge in [-0.1, -0.05) is 36.4 Å². The maximum atomic E-state index is 11.6. The molecule has 156 valence electrons. The van der Waals surface area contributed by atoms with Crippen molar-refractivity contribution in [1.29, 1.82) is 0 Å². The van der Waals surface area contributed by atoms with E-state index in [4.69, 9.17) is 0 Å². The van der Waals surface area contributed by atoms with Crippen molar-refractivity contribution in [3.63, 3.8) is 0 Å². The van der Waals surface area contributed by atoms with E-state index in [1.165, 1.54) is 17.7 Å². The SMILES string of the molecule is CCNC(=NCc1ccccc1NS(C)(=O)=O)NCC1(Sc2ccccc2)CC1. The van der Waals surface area contributed by atoms with E-state index >= 15 is 0 Å². The molecule has 1 aliphatic rings. The Labute approximate surface area is 177 Å². The molecule has 2 aromatic carbocycles. The molecule has 6 nitrogen and oxygen atoms in total. The fourth-order valence-electron chi connectivity index (χ4n) is 2.90. The summed E-state index contributed by atoms with van der Waals surface area (Å²) < 4.78 is 26.0. The third kappa shape index (κ3) is 6.97. The topological polar surface area (TPSA) is 82.6 Å². The minimum absolute atomic E-state index is 0.216. The number of hydrogen-bond acceptors (Lipinski definition) is 4. The van der Waals surface area contributed by atoms with Gasteiger partial charge in [-0.2, -0.15) is 0 Å². The lowest BCUT2D eigenvalue weighted by Gasteiger charge is -2.18. The quantitative estimate of drug-likeness (QED) is 0.418. The molecule has 0 heterocycles. The van der Waals surface area contributed by atoms with E-state index in [9.17, 15) is 8.42 Å². The predicted molar refractivity (Wildman–Crippen MR) is 122 cm³/mol. The lowest BCUT2D eigenvalue weighted by Crippen LogP contribution is -2.41. The van der Waals surface area contributed by atoms with Gasteiger partial charge in [-0.25, -0.2) is 13.4 Å². The van der Waals surface area contributed by atoms with Crippen molar-refractivity contribution in [2.24, 2.45) is 4.99 Å². The second-order valence-electron chi connectivity index (χ2n) is 7.18. The number of nitrogens with zero attached hydrogens (tertiary/aromatic N) is 1. The molecule has 3 rings (SSSR count). The maximum Gasteiger partial charge on any atom is 0.229 e. The van der Waals surface area contributed by atoms with Crippen LogP contribution in [0.3, 0.4) is 0 Å². The molecule has 0 aromatic heterocycles. The van der Waals surface area contributed by atoms with Crippen LogP contribution in [0.5, 0.6) is 0 Å². The summed E-state index contributed by atoms with van der Waals surface area (Å²) in [6.07, 6.45) is 3.51. The molecule has 3 N–H and O–H groups in total. The van der Waals surface area contributed by atoms with Gasteiger partial charge in [-0.05, 0) is 43.5 Å². The van der Waals surface area contributed by atoms with Crippen LogP contribution < -0.4 is 15.4 Å². The van der Waals surface area contributed by atoms with Gasteiger partial charge in [0.25, 0.3) is 0 Å². The van der Waals surface area contributed by atoms with Gasteiger partial charge in [-0.3, -0.25) is 4.72 Å². The molecule has 0 aliphatic heterocycles. The van der Waals surface area contributed by atoms with Crippen molar-refractivity contribution in [3.05, 3.63) is 60.2 Å². The van der Waals surface area contributed by atoms with Gasteiger partial charge >= 0.3 is 0 Å². The number of sulfonamides is 1. The molecular formula is C21H28N4O2S2. The molecule has 0 bridgehead atoms. The number of benzene rings is 2. The van der Waals surface area contributed by atoms with E-state index in [1.807, 2.05) is 43.0 Å². The first-order chi connectivity index (χ1) is 13.9. The zero-order chi connectivity index (χ0) is 20.7. The van der Waals surface area contributed by atoms with Gasteiger partial charge in [0.1, 0.15) is 0 Å². The van der Waals surface area contributed by atoms with Crippen LogP contribution >= 0.6 is 11.8 Å². The Morgan fingerprint density at radius 1 is 1.07 bits per heavy atom. The van der Waals surface area contributed by atoms with Crippen LogP contribution in [0, 0.1) is 0 Å². The molecule has 1 fully saturated rings. The van der Waals surface area contributed by atoms with E-state index in [2.05, 4.69) is 44.6 Å². The van der Waals surface area contributed by atoms with Gasteiger partial charge in [0.15, 0.2) is 5.96 Å². The van der Waals surface area contributed by atoms with Crippen LogP contribution in [0.15, 0.2) is 64.5 Å². The highest BCUT2D eigenvalue weighted by Gasteiger charge is 2.43. The van der Waals surface area contributed by atoms with Crippen LogP contribution in [0.1, 0.15) is 25.3 Å². The summed E-state index contributed by atoms with van der Waals surface area (Å²) >= 11 is 1.92. The molecule has 1 saturated carbocycles. The van der Waals surface area contributed by atoms with Crippen LogP contribution in [0.25, 0.3) is 0 Å². The van der Waals surface area contributed by atoms with E-state index in [-0.39, 0.29) is 4.75 Å². The van der Waals surface area contributed by atoms with Crippen LogP contribution in [0.2, 0.25) is 0 Å². The molecular weight excluding hydrogens is 404 g/mol. The smallest absolute Gasteiger partial charge is 0.229 e. The zero-order valence-corrected chi connectivity index (χ0v) is 18.4. The lowest BCUT2D eigenvalue weighted by atomic mass is 10.2. The number of anilines is 1. The Bertz CT molecular complexity index is 942. The molecule has 0 spiro atoms. The Kier molecular flexibility index (Phi) is 7.08. The highest BCUT2D eigenvalue weighted by Crippen LogP contribution is 2.51. The van der Waals surface area contributed by atoms with Crippen molar-refractivity contribution in [1.82, 2.24) is 10.6 Å². The summed E-state index contributed by atoms with van der Waals surface area (Å²) in [6, 6.07) is 17.8. The summed E-state index contributed by atoms with van der Waals surface area (Å²) in [5.41, 5.74) is 1.39. The molecule has 0 unspecified atom stereocenters. The fraction of sp³-hybridized carbons (Fsp3) is 0.381. The third-order valence-corrected chi connectivity index (χ3v) is 6.61. The number of guanidine groups is 1. The first-order valence-corrected chi connectivity index (χ1v) is 12.4. The Hall–Kier alpha value is -2.19. The van der Waals surface area contributed by atoms with Crippen molar-refractivity contribution >= 4 is 33.4 Å². The second-order valence-corrected chi connectivity index (χ2v) is 10.5. The predicted octanol–water partition coefficient (Wildman–Crippen LogP) is 3.44. The average molecular weight is 433 g/mol. The number of rotatable bonds is 9. The Balaban J connectivity index is 1.64. The second kappa shape index (κ2) is 9.54. The molecule has 0 atom stereocenters. The van der Waals surface area contributed by atoms with Gasteiger partial charge in [-0.15, -0.1) is 11.8 Å². The minimum Gasteiger partial charge on any atom is -0.357 e. The lowest BCUT2D eigenvalue weighted by molar-refractivity contribution is 0.606. The summed E-state index contributed by atoms with van der Waals surface area (Å²) in [4.78, 5) is 5.95. The summed E-state index contributed by atoms with van der Waals surface area (Å²) in [5, 5.41) is 6.74. The van der Waals surface area contributed by atoms with E-state index in [0.29, 0.717) is 12.2 Å². The minimum atomic E-state index is -3.33. The van der Waals surface area contributed by atoms with Crippen molar-refractivity contribution in [2.75, 3.05) is 24.1 Å². The fourth-order valence-corrected chi connectivity index (χ4v) is 4.74. The molecule has 29 heavy (non-hydrogen) atoms. The van der Waals surface area contributed by atoms with Gasteiger partial charge in [0, 0.05) is 22.7 Å². The summed E-state index contributed by atoms with van der Waals surface area (Å²) in [7, 11) is -3.33. The maximum absolute atomic E-state index is 11.6. The number of nitrogens with one attached hydrogen (secondary N) is 3. The normalized spacial score (nSPS) is 15.6. The largest absolute Gasteiger partial charge is 0.357 e. The zero-order valence-electron chi connectivity index (χ0n) is 16.8. The highest BCUT2D eigenvalue weighted by atomic mass is 32.2. The monoisotopic (exact) mass is 432 g/mol. The third-order valence-electron chi connectivity index (χ3n) is 4.53. The first kappa shape index (κ1) is 21.5. The van der Waals surface area contributed by atoms with Crippen LogP contribution in [-0.4, -0.2) is 38.5 Å². The number of thioether (sulfide) groups is 1. The molecule has 0 radical (unpaired) electrons. The van der Waals surface area contributed by atoms with Crippen LogP contribution in [-0.2, 0) is 16.6 Å². The first-order valence-electron chi connectivity index (χ1n) is 9.71.